The van der Waals surface area contributed by atoms with Crippen molar-refractivity contribution in [1.82, 2.24) is 0 Å². The second kappa shape index (κ2) is 31.1. The third-order valence-electron chi connectivity index (χ3n) is 8.91. The van der Waals surface area contributed by atoms with Gasteiger partial charge < -0.3 is 4.74 Å². The minimum Gasteiger partial charge on any atom is -0.430 e. The molecule has 2 heteroatoms. The summed E-state index contributed by atoms with van der Waals surface area (Å²) in [7, 11) is 0. The first-order valence-corrected chi connectivity index (χ1v) is 19.0. The number of carbonyl (C=O) groups excluding carboxylic acids is 1. The molecule has 0 aliphatic carbocycles. The second-order valence-electron chi connectivity index (χ2n) is 13.0. The number of hydrogen-bond donors (Lipinski definition) is 0. The molecule has 1 rings (SSSR count). The average molecular weight is 585 g/mol. The molecule has 1 unspecified atom stereocenters. The van der Waals surface area contributed by atoms with E-state index in [2.05, 4.69) is 44.2 Å². The van der Waals surface area contributed by atoms with Crippen LogP contribution in [0.5, 0.6) is 0 Å². The molecule has 0 saturated carbocycles. The number of carbonyl (C=O) groups is 1. The number of cyclic esters (lactones) is 1. The first-order valence-electron chi connectivity index (χ1n) is 19.0. The fourth-order valence-corrected chi connectivity index (χ4v) is 5.99. The summed E-state index contributed by atoms with van der Waals surface area (Å²) in [6.07, 6.45) is 51.3. The Labute approximate surface area is 263 Å². The lowest BCUT2D eigenvalue weighted by Crippen LogP contribution is -2.32. The van der Waals surface area contributed by atoms with Gasteiger partial charge in [0.1, 0.15) is 11.7 Å². The van der Waals surface area contributed by atoms with Crippen LogP contribution in [0.4, 0.5) is 0 Å². The summed E-state index contributed by atoms with van der Waals surface area (Å²) in [5, 5.41) is 0. The van der Waals surface area contributed by atoms with E-state index in [1.165, 1.54) is 173 Å². The molecule has 244 valence electrons. The van der Waals surface area contributed by atoms with Crippen LogP contribution in [0.1, 0.15) is 206 Å². The lowest BCUT2D eigenvalue weighted by atomic mass is 9.93. The Balaban J connectivity index is 1.87. The maximum atomic E-state index is 11.9. The third kappa shape index (κ3) is 24.2. The van der Waals surface area contributed by atoms with E-state index in [4.69, 9.17) is 4.74 Å². The summed E-state index contributed by atoms with van der Waals surface area (Å²) in [5.41, 5.74) is 0. The van der Waals surface area contributed by atoms with E-state index in [1.54, 1.807) is 0 Å². The van der Waals surface area contributed by atoms with E-state index < -0.39 is 0 Å². The monoisotopic (exact) mass is 585 g/mol. The molecule has 0 amide bonds. The number of hydrogen-bond acceptors (Lipinski definition) is 2. The molecule has 42 heavy (non-hydrogen) atoms. The highest BCUT2D eigenvalue weighted by atomic mass is 16.6. The van der Waals surface area contributed by atoms with Crippen LogP contribution in [0.15, 0.2) is 36.1 Å². The van der Waals surface area contributed by atoms with E-state index in [0.29, 0.717) is 0 Å². The van der Waals surface area contributed by atoms with Crippen molar-refractivity contribution < 1.29 is 9.53 Å². The average Bonchev–Trinajstić information content (AvgIpc) is 2.99. The Morgan fingerprint density at radius 3 is 1.17 bits per heavy atom. The van der Waals surface area contributed by atoms with Crippen LogP contribution < -0.4 is 0 Å². The number of unbranched alkanes of at least 4 members (excludes halogenated alkanes) is 25. The zero-order chi connectivity index (χ0) is 30.2. The molecule has 0 aromatic heterocycles. The highest BCUT2D eigenvalue weighted by molar-refractivity contribution is 5.82. The fraction of sp³-hybridized carbons (Fsp3) is 0.825. The van der Waals surface area contributed by atoms with Crippen LogP contribution in [0.25, 0.3) is 0 Å². The van der Waals surface area contributed by atoms with Crippen LogP contribution in [0, 0.1) is 5.92 Å². The minimum atomic E-state index is 0.00683. The summed E-state index contributed by atoms with van der Waals surface area (Å²) in [5.74, 6) is 1.04. The predicted octanol–water partition coefficient (Wildman–Crippen LogP) is 13.9. The van der Waals surface area contributed by atoms with Gasteiger partial charge in [0.15, 0.2) is 0 Å². The lowest BCUT2D eigenvalue weighted by Gasteiger charge is -2.28. The van der Waals surface area contributed by atoms with Gasteiger partial charge in [-0.05, 0) is 76.7 Å². The number of allylic oxidation sites excluding steroid dienone is 5. The molecule has 1 aliphatic rings. The Morgan fingerprint density at radius 2 is 0.786 bits per heavy atom. The van der Waals surface area contributed by atoms with Crippen molar-refractivity contribution >= 4 is 5.97 Å². The Kier molecular flexibility index (Phi) is 28.7. The molecular weight excluding hydrogens is 512 g/mol. The standard InChI is InChI=1S/C40H72O2/c1-3-5-7-9-11-13-15-17-19-21-23-25-27-29-31-33-35-37-39-38(40(41)42-39)36-34-32-30-28-26-24-22-20-18-16-14-12-10-8-6-4-2/h19-22,37-38H,3-18,23-36H2,1-2H3/b21-19+,22-20+,39-37+. The van der Waals surface area contributed by atoms with Gasteiger partial charge in [0.25, 0.3) is 0 Å². The Bertz CT molecular complexity index is 673. The van der Waals surface area contributed by atoms with E-state index in [-0.39, 0.29) is 11.9 Å². The summed E-state index contributed by atoms with van der Waals surface area (Å²) in [6, 6.07) is 0. The Hall–Kier alpha value is -1.31. The minimum absolute atomic E-state index is 0.00683. The second-order valence-corrected chi connectivity index (χ2v) is 13.0. The smallest absolute Gasteiger partial charge is 0.321 e. The van der Waals surface area contributed by atoms with E-state index in [9.17, 15) is 4.79 Å². The molecule has 0 aromatic carbocycles. The largest absolute Gasteiger partial charge is 0.430 e. The molecule has 0 aromatic rings. The lowest BCUT2D eigenvalue weighted by molar-refractivity contribution is -0.157. The van der Waals surface area contributed by atoms with Gasteiger partial charge in [0.05, 0.1) is 0 Å². The summed E-state index contributed by atoms with van der Waals surface area (Å²) in [4.78, 5) is 11.9. The molecule has 1 atom stereocenters. The molecule has 2 nitrogen and oxygen atoms in total. The normalized spacial score (nSPS) is 16.2. The molecule has 0 radical (unpaired) electrons. The number of esters is 1. The van der Waals surface area contributed by atoms with Crippen molar-refractivity contribution in [1.29, 1.82) is 0 Å². The predicted molar refractivity (Wildman–Crippen MR) is 186 cm³/mol. The summed E-state index contributed by atoms with van der Waals surface area (Å²) in [6.45, 7) is 4.57. The van der Waals surface area contributed by atoms with Crippen LogP contribution in [-0.4, -0.2) is 5.97 Å². The highest BCUT2D eigenvalue weighted by Gasteiger charge is 2.36. The summed E-state index contributed by atoms with van der Waals surface area (Å²) < 4.78 is 5.37. The van der Waals surface area contributed by atoms with Crippen molar-refractivity contribution in [3.05, 3.63) is 36.1 Å². The maximum Gasteiger partial charge on any atom is 0.321 e. The molecule has 0 bridgehead atoms. The van der Waals surface area contributed by atoms with Gasteiger partial charge in [-0.25, -0.2) is 0 Å². The topological polar surface area (TPSA) is 26.3 Å². The third-order valence-corrected chi connectivity index (χ3v) is 8.91. The molecule has 0 N–H and O–H groups in total. The van der Waals surface area contributed by atoms with E-state index in [1.807, 2.05) is 0 Å². The van der Waals surface area contributed by atoms with Crippen LogP contribution in [0.2, 0.25) is 0 Å². The van der Waals surface area contributed by atoms with E-state index in [0.717, 1.165) is 25.0 Å². The molecular formula is C40H72O2. The maximum absolute atomic E-state index is 11.9. The van der Waals surface area contributed by atoms with Gasteiger partial charge in [0, 0.05) is 0 Å². The first kappa shape index (κ1) is 38.7. The zero-order valence-electron chi connectivity index (χ0n) is 28.5. The van der Waals surface area contributed by atoms with Gasteiger partial charge in [0.2, 0.25) is 0 Å². The molecule has 1 fully saturated rings. The van der Waals surface area contributed by atoms with Crippen molar-refractivity contribution in [2.24, 2.45) is 5.92 Å². The van der Waals surface area contributed by atoms with Crippen molar-refractivity contribution in [2.75, 3.05) is 0 Å². The molecule has 1 heterocycles. The summed E-state index contributed by atoms with van der Waals surface area (Å²) >= 11 is 0. The number of ether oxygens (including phenoxy) is 1. The van der Waals surface area contributed by atoms with Gasteiger partial charge >= 0.3 is 5.97 Å². The van der Waals surface area contributed by atoms with Crippen LogP contribution in [-0.2, 0) is 9.53 Å². The Morgan fingerprint density at radius 1 is 0.452 bits per heavy atom. The van der Waals surface area contributed by atoms with Crippen molar-refractivity contribution in [3.8, 4) is 0 Å². The first-order chi connectivity index (χ1) is 20.8. The van der Waals surface area contributed by atoms with Crippen LogP contribution in [0.3, 0.4) is 0 Å². The molecule has 0 spiro atoms. The molecule has 1 aliphatic heterocycles. The van der Waals surface area contributed by atoms with E-state index >= 15 is 0 Å². The SMILES string of the molecule is CCCCCCCCC/C=C/CCCCCCC/C=C1/OC(=O)C1CCCCCCC/C=C/CCCCCCCCC. The van der Waals surface area contributed by atoms with Gasteiger partial charge in [-0.2, -0.15) is 0 Å². The zero-order valence-corrected chi connectivity index (χ0v) is 28.5. The van der Waals surface area contributed by atoms with Gasteiger partial charge in [-0.3, -0.25) is 4.79 Å². The van der Waals surface area contributed by atoms with Gasteiger partial charge in [-0.15, -0.1) is 0 Å². The van der Waals surface area contributed by atoms with Crippen molar-refractivity contribution in [3.63, 3.8) is 0 Å². The van der Waals surface area contributed by atoms with Crippen molar-refractivity contribution in [2.45, 2.75) is 206 Å². The number of rotatable bonds is 32. The quantitative estimate of drug-likeness (QED) is 0.0446. The van der Waals surface area contributed by atoms with Crippen LogP contribution >= 0.6 is 0 Å². The fourth-order valence-electron chi connectivity index (χ4n) is 5.99. The highest BCUT2D eigenvalue weighted by Crippen LogP contribution is 2.32. The van der Waals surface area contributed by atoms with Gasteiger partial charge in [-0.1, -0.05) is 160 Å². The molecule has 1 saturated heterocycles.